The summed E-state index contributed by atoms with van der Waals surface area (Å²) in [5.74, 6) is -1.07. The van der Waals surface area contributed by atoms with Crippen LogP contribution in [-0.2, 0) is 12.7 Å². The molecule has 2 aromatic rings. The number of nitrogen functional groups attached to an aromatic ring is 1. The molecule has 0 atom stereocenters. The molecular formula is C13H13F3N4S. The van der Waals surface area contributed by atoms with Gasteiger partial charge in [-0.05, 0) is 24.5 Å². The number of rotatable bonds is 4. The van der Waals surface area contributed by atoms with Gasteiger partial charge < -0.3 is 10.6 Å². The predicted molar refractivity (Wildman–Crippen MR) is 75.0 cm³/mol. The first-order valence-corrected chi connectivity index (χ1v) is 7.23. The van der Waals surface area contributed by atoms with Gasteiger partial charge in [-0.1, -0.05) is 18.2 Å². The minimum Gasteiger partial charge on any atom is -0.398 e. The van der Waals surface area contributed by atoms with Crippen molar-refractivity contribution in [3.8, 4) is 0 Å². The molecule has 1 aliphatic rings. The second kappa shape index (κ2) is 5.18. The van der Waals surface area contributed by atoms with E-state index in [1.807, 2.05) is 23.1 Å². The molecule has 112 valence electrons. The fourth-order valence-corrected chi connectivity index (χ4v) is 2.81. The van der Waals surface area contributed by atoms with Crippen LogP contribution in [0.25, 0.3) is 0 Å². The average molecular weight is 314 g/mol. The summed E-state index contributed by atoms with van der Waals surface area (Å²) < 4.78 is 41.3. The molecular weight excluding hydrogens is 301 g/mol. The normalized spacial score (nSPS) is 15.2. The van der Waals surface area contributed by atoms with E-state index in [0.29, 0.717) is 17.4 Å². The highest BCUT2D eigenvalue weighted by molar-refractivity contribution is 7.09. The van der Waals surface area contributed by atoms with Crippen LogP contribution in [0.4, 0.5) is 24.0 Å². The topological polar surface area (TPSA) is 55.0 Å². The van der Waals surface area contributed by atoms with Crippen LogP contribution in [-0.4, -0.2) is 15.4 Å². The summed E-state index contributed by atoms with van der Waals surface area (Å²) in [7, 11) is 0. The number of nitrogens with two attached hydrogens (primary N) is 1. The van der Waals surface area contributed by atoms with Crippen molar-refractivity contribution in [3.05, 3.63) is 35.7 Å². The molecule has 1 heterocycles. The molecule has 1 aliphatic carbocycles. The summed E-state index contributed by atoms with van der Waals surface area (Å²) in [6, 6.07) is 7.56. The maximum absolute atomic E-state index is 12.6. The van der Waals surface area contributed by atoms with E-state index >= 15 is 0 Å². The highest BCUT2D eigenvalue weighted by Gasteiger charge is 2.38. The number of hydrogen-bond donors (Lipinski definition) is 1. The standard InChI is InChI=1S/C13H13F3N4S/c14-13(15,16)11-18-12(21-19-11)20(9-5-6-9)7-8-3-1-2-4-10(8)17/h1-4,9H,5-7,17H2. The van der Waals surface area contributed by atoms with Gasteiger partial charge in [-0.2, -0.15) is 22.5 Å². The van der Waals surface area contributed by atoms with Crippen molar-refractivity contribution in [2.24, 2.45) is 0 Å². The Morgan fingerprint density at radius 2 is 2.00 bits per heavy atom. The summed E-state index contributed by atoms with van der Waals surface area (Å²) in [5, 5.41) is 0.299. The summed E-state index contributed by atoms with van der Waals surface area (Å²) in [6.07, 6.45) is -2.60. The summed E-state index contributed by atoms with van der Waals surface area (Å²) >= 11 is 0.782. The number of benzene rings is 1. The zero-order chi connectivity index (χ0) is 15.0. The van der Waals surface area contributed by atoms with Gasteiger partial charge in [-0.3, -0.25) is 0 Å². The van der Waals surface area contributed by atoms with Gasteiger partial charge in [0.2, 0.25) is 11.0 Å². The quantitative estimate of drug-likeness (QED) is 0.880. The SMILES string of the molecule is Nc1ccccc1CN(c1nc(C(F)(F)F)ns1)C1CC1. The molecule has 0 radical (unpaired) electrons. The van der Waals surface area contributed by atoms with Gasteiger partial charge in [0.15, 0.2) is 0 Å². The van der Waals surface area contributed by atoms with Gasteiger partial charge in [0, 0.05) is 29.8 Å². The van der Waals surface area contributed by atoms with Crippen LogP contribution in [0.1, 0.15) is 24.2 Å². The van der Waals surface area contributed by atoms with Crippen LogP contribution in [0.2, 0.25) is 0 Å². The van der Waals surface area contributed by atoms with Crippen molar-refractivity contribution < 1.29 is 13.2 Å². The molecule has 0 aliphatic heterocycles. The number of alkyl halides is 3. The van der Waals surface area contributed by atoms with Crippen LogP contribution in [0.15, 0.2) is 24.3 Å². The molecule has 1 aromatic heterocycles. The molecule has 1 fully saturated rings. The maximum Gasteiger partial charge on any atom is 0.452 e. The first kappa shape index (κ1) is 14.1. The van der Waals surface area contributed by atoms with E-state index in [0.717, 1.165) is 29.9 Å². The van der Waals surface area contributed by atoms with Crippen molar-refractivity contribution in [2.45, 2.75) is 31.6 Å². The largest absolute Gasteiger partial charge is 0.452 e. The number of para-hydroxylation sites is 1. The third-order valence-corrected chi connectivity index (χ3v) is 4.05. The zero-order valence-electron chi connectivity index (χ0n) is 11.0. The Morgan fingerprint density at radius 3 is 2.57 bits per heavy atom. The Morgan fingerprint density at radius 1 is 1.29 bits per heavy atom. The van der Waals surface area contributed by atoms with Crippen LogP contribution in [0, 0.1) is 0 Å². The molecule has 2 N–H and O–H groups in total. The fraction of sp³-hybridized carbons (Fsp3) is 0.385. The van der Waals surface area contributed by atoms with Gasteiger partial charge in [-0.25, -0.2) is 0 Å². The van der Waals surface area contributed by atoms with Gasteiger partial charge in [0.25, 0.3) is 0 Å². The smallest absolute Gasteiger partial charge is 0.398 e. The fourth-order valence-electron chi connectivity index (χ4n) is 2.05. The number of anilines is 2. The number of halogens is 3. The first-order valence-electron chi connectivity index (χ1n) is 6.46. The molecule has 0 unspecified atom stereocenters. The molecule has 8 heteroatoms. The van der Waals surface area contributed by atoms with Gasteiger partial charge in [-0.15, -0.1) is 0 Å². The Bertz CT molecular complexity index is 636. The highest BCUT2D eigenvalue weighted by Crippen LogP contribution is 2.37. The van der Waals surface area contributed by atoms with E-state index in [-0.39, 0.29) is 6.04 Å². The molecule has 4 nitrogen and oxygen atoms in total. The Kier molecular flexibility index (Phi) is 3.48. The number of hydrogen-bond acceptors (Lipinski definition) is 5. The molecule has 1 aromatic carbocycles. The van der Waals surface area contributed by atoms with Crippen molar-refractivity contribution in [1.29, 1.82) is 0 Å². The molecule has 0 amide bonds. The molecule has 3 rings (SSSR count). The third kappa shape index (κ3) is 3.10. The third-order valence-electron chi connectivity index (χ3n) is 3.30. The first-order chi connectivity index (χ1) is 9.95. The van der Waals surface area contributed by atoms with Crippen LogP contribution in [0.5, 0.6) is 0 Å². The molecule has 0 bridgehead atoms. The minimum atomic E-state index is -4.50. The van der Waals surface area contributed by atoms with Crippen molar-refractivity contribution >= 4 is 22.4 Å². The molecule has 0 spiro atoms. The Balaban J connectivity index is 1.85. The lowest BCUT2D eigenvalue weighted by Crippen LogP contribution is -2.25. The Hall–Kier alpha value is -1.83. The number of nitrogens with zero attached hydrogens (tertiary/aromatic N) is 3. The van der Waals surface area contributed by atoms with E-state index in [1.54, 1.807) is 6.07 Å². The van der Waals surface area contributed by atoms with E-state index in [1.165, 1.54) is 0 Å². The average Bonchev–Trinajstić information content (AvgIpc) is 3.12. The molecule has 21 heavy (non-hydrogen) atoms. The van der Waals surface area contributed by atoms with Gasteiger partial charge >= 0.3 is 6.18 Å². The maximum atomic E-state index is 12.6. The number of aromatic nitrogens is 2. The van der Waals surface area contributed by atoms with Crippen molar-refractivity contribution in [2.75, 3.05) is 10.6 Å². The lowest BCUT2D eigenvalue weighted by Gasteiger charge is -2.21. The van der Waals surface area contributed by atoms with Gasteiger partial charge in [0.05, 0.1) is 0 Å². The molecule has 1 saturated carbocycles. The van der Waals surface area contributed by atoms with E-state index < -0.39 is 12.0 Å². The second-order valence-electron chi connectivity index (χ2n) is 4.96. The van der Waals surface area contributed by atoms with Crippen molar-refractivity contribution in [1.82, 2.24) is 9.36 Å². The highest BCUT2D eigenvalue weighted by atomic mass is 32.1. The summed E-state index contributed by atoms with van der Waals surface area (Å²) in [6.45, 7) is 0.448. The zero-order valence-corrected chi connectivity index (χ0v) is 11.8. The summed E-state index contributed by atoms with van der Waals surface area (Å²) in [5.41, 5.74) is 7.41. The van der Waals surface area contributed by atoms with Gasteiger partial charge in [0.1, 0.15) is 0 Å². The van der Waals surface area contributed by atoms with Crippen LogP contribution < -0.4 is 10.6 Å². The van der Waals surface area contributed by atoms with E-state index in [9.17, 15) is 13.2 Å². The van der Waals surface area contributed by atoms with Crippen LogP contribution in [0.3, 0.4) is 0 Å². The molecule has 0 saturated heterocycles. The summed E-state index contributed by atoms with van der Waals surface area (Å²) in [4.78, 5) is 5.50. The van der Waals surface area contributed by atoms with E-state index in [4.69, 9.17) is 5.73 Å². The van der Waals surface area contributed by atoms with Crippen molar-refractivity contribution in [3.63, 3.8) is 0 Å². The lowest BCUT2D eigenvalue weighted by molar-refractivity contribution is -0.144. The monoisotopic (exact) mass is 314 g/mol. The second-order valence-corrected chi connectivity index (χ2v) is 5.69. The lowest BCUT2D eigenvalue weighted by atomic mass is 10.1. The minimum absolute atomic E-state index is 0.221. The van der Waals surface area contributed by atoms with Crippen LogP contribution >= 0.6 is 11.5 Å². The van der Waals surface area contributed by atoms with E-state index in [2.05, 4.69) is 9.36 Å². The predicted octanol–water partition coefficient (Wildman–Crippen LogP) is 3.31. The Labute approximate surface area is 123 Å².